The van der Waals surface area contributed by atoms with E-state index in [0.29, 0.717) is 11.5 Å². The minimum Gasteiger partial charge on any atom is -0.384 e. The Bertz CT molecular complexity index is 918. The number of benzene rings is 1. The molecule has 2 aromatic heterocycles. The third-order valence-electron chi connectivity index (χ3n) is 3.97. The maximum atomic E-state index is 12.2. The summed E-state index contributed by atoms with van der Waals surface area (Å²) in [6.07, 6.45) is 0.771. The molecular formula is C19H20N4O. The number of carbonyl (C=O) groups excluding carboxylic acids is 1. The zero-order valence-electron chi connectivity index (χ0n) is 14.1. The van der Waals surface area contributed by atoms with E-state index in [4.69, 9.17) is 5.73 Å². The Hall–Kier alpha value is -2.95. The molecule has 0 saturated heterocycles. The molecule has 0 saturated carbocycles. The second-order valence-electron chi connectivity index (χ2n) is 5.86. The van der Waals surface area contributed by atoms with Gasteiger partial charge in [0.25, 0.3) is 5.91 Å². The van der Waals surface area contributed by atoms with Gasteiger partial charge in [-0.1, -0.05) is 31.2 Å². The molecule has 0 bridgehead atoms. The number of hydrogen-bond acceptors (Lipinski definition) is 4. The second kappa shape index (κ2) is 6.28. The van der Waals surface area contributed by atoms with Crippen LogP contribution in [0.1, 0.15) is 23.1 Å². The van der Waals surface area contributed by atoms with Gasteiger partial charge in [-0.15, -0.1) is 0 Å². The van der Waals surface area contributed by atoms with E-state index in [-0.39, 0.29) is 5.91 Å². The lowest BCUT2D eigenvalue weighted by molar-refractivity contribution is 0.0822. The van der Waals surface area contributed by atoms with Crippen LogP contribution < -0.4 is 5.73 Å². The first-order valence-corrected chi connectivity index (χ1v) is 7.88. The highest BCUT2D eigenvalue weighted by molar-refractivity contribution is 5.99. The monoisotopic (exact) mass is 320 g/mol. The number of fused-ring (bicyclic) bond motifs is 1. The van der Waals surface area contributed by atoms with Crippen molar-refractivity contribution in [2.45, 2.75) is 13.3 Å². The molecule has 2 heterocycles. The van der Waals surface area contributed by atoms with Crippen LogP contribution in [0.4, 0.5) is 5.82 Å². The summed E-state index contributed by atoms with van der Waals surface area (Å²) in [5.74, 6) is 0.394. The maximum absolute atomic E-state index is 12.2. The zero-order valence-corrected chi connectivity index (χ0v) is 14.1. The molecule has 2 N–H and O–H groups in total. The molecule has 0 unspecified atom stereocenters. The Morgan fingerprint density at radius 2 is 1.83 bits per heavy atom. The highest BCUT2D eigenvalue weighted by atomic mass is 16.2. The van der Waals surface area contributed by atoms with Crippen molar-refractivity contribution in [1.29, 1.82) is 0 Å². The summed E-state index contributed by atoms with van der Waals surface area (Å²) >= 11 is 0. The average Bonchev–Trinajstić information content (AvgIpc) is 2.60. The first-order chi connectivity index (χ1) is 11.5. The van der Waals surface area contributed by atoms with E-state index >= 15 is 0 Å². The lowest BCUT2D eigenvalue weighted by Crippen LogP contribution is -2.22. The van der Waals surface area contributed by atoms with Crippen LogP contribution in [0.25, 0.3) is 22.0 Å². The van der Waals surface area contributed by atoms with Gasteiger partial charge in [0.2, 0.25) is 0 Å². The molecule has 1 aromatic carbocycles. The van der Waals surface area contributed by atoms with Gasteiger partial charge in [-0.05, 0) is 24.6 Å². The van der Waals surface area contributed by atoms with Crippen LogP contribution in [0.5, 0.6) is 0 Å². The van der Waals surface area contributed by atoms with Crippen LogP contribution in [-0.2, 0) is 6.42 Å². The molecule has 5 nitrogen and oxygen atoms in total. The Morgan fingerprint density at radius 1 is 1.04 bits per heavy atom. The van der Waals surface area contributed by atoms with Crippen molar-refractivity contribution < 1.29 is 4.79 Å². The molecule has 0 aliphatic rings. The number of nitrogen functional groups attached to an aromatic ring is 1. The highest BCUT2D eigenvalue weighted by Crippen LogP contribution is 2.30. The van der Waals surface area contributed by atoms with Crippen molar-refractivity contribution >= 4 is 22.6 Å². The van der Waals surface area contributed by atoms with Crippen LogP contribution in [0.2, 0.25) is 0 Å². The van der Waals surface area contributed by atoms with Gasteiger partial charge in [-0.3, -0.25) is 4.79 Å². The molecule has 24 heavy (non-hydrogen) atoms. The largest absolute Gasteiger partial charge is 0.384 e. The molecule has 0 fully saturated rings. The Kier molecular flexibility index (Phi) is 4.16. The molecule has 5 heteroatoms. The molecule has 3 aromatic rings. The van der Waals surface area contributed by atoms with E-state index in [1.807, 2.05) is 37.3 Å². The molecule has 3 rings (SSSR count). The lowest BCUT2D eigenvalue weighted by Gasteiger charge is -2.13. The Balaban J connectivity index is 2.25. The number of anilines is 1. The number of para-hydroxylation sites is 1. The van der Waals surface area contributed by atoms with E-state index in [1.165, 1.54) is 4.90 Å². The van der Waals surface area contributed by atoms with Gasteiger partial charge in [-0.25, -0.2) is 9.97 Å². The molecule has 0 spiro atoms. The van der Waals surface area contributed by atoms with E-state index in [0.717, 1.165) is 34.1 Å². The fourth-order valence-corrected chi connectivity index (χ4v) is 2.75. The molecule has 0 atom stereocenters. The number of aryl methyl sites for hydroxylation is 1. The van der Waals surface area contributed by atoms with Crippen LogP contribution in [0.3, 0.4) is 0 Å². The van der Waals surface area contributed by atoms with Crippen molar-refractivity contribution in [2.24, 2.45) is 0 Å². The first-order valence-electron chi connectivity index (χ1n) is 7.88. The van der Waals surface area contributed by atoms with Crippen molar-refractivity contribution in [3.05, 3.63) is 53.9 Å². The van der Waals surface area contributed by atoms with Gasteiger partial charge in [-0.2, -0.15) is 0 Å². The molecule has 0 radical (unpaired) electrons. The molecular weight excluding hydrogens is 300 g/mol. The van der Waals surface area contributed by atoms with Gasteiger partial charge >= 0.3 is 0 Å². The fraction of sp³-hybridized carbons (Fsp3) is 0.211. The predicted octanol–water partition coefficient (Wildman–Crippen LogP) is 3.14. The Labute approximate surface area is 141 Å². The number of rotatable bonds is 3. The highest BCUT2D eigenvalue weighted by Gasteiger charge is 2.14. The molecule has 1 amide bonds. The van der Waals surface area contributed by atoms with E-state index < -0.39 is 0 Å². The van der Waals surface area contributed by atoms with Crippen molar-refractivity contribution in [2.75, 3.05) is 19.8 Å². The first kappa shape index (κ1) is 15.9. The number of carbonyl (C=O) groups is 1. The summed E-state index contributed by atoms with van der Waals surface area (Å²) in [5.41, 5.74) is 9.93. The third kappa shape index (κ3) is 2.80. The quantitative estimate of drug-likeness (QED) is 0.804. The maximum Gasteiger partial charge on any atom is 0.271 e. The predicted molar refractivity (Wildman–Crippen MR) is 96.8 cm³/mol. The third-order valence-corrected chi connectivity index (χ3v) is 3.97. The van der Waals surface area contributed by atoms with E-state index in [2.05, 4.69) is 9.97 Å². The van der Waals surface area contributed by atoms with Gasteiger partial charge in [0, 0.05) is 30.6 Å². The summed E-state index contributed by atoms with van der Waals surface area (Å²) in [5, 5.41) is 0.988. The van der Waals surface area contributed by atoms with Gasteiger partial charge in [0.05, 0.1) is 11.2 Å². The van der Waals surface area contributed by atoms with Crippen LogP contribution in [-0.4, -0.2) is 34.9 Å². The van der Waals surface area contributed by atoms with Gasteiger partial charge < -0.3 is 10.6 Å². The van der Waals surface area contributed by atoms with Crippen LogP contribution in [0, 0.1) is 0 Å². The normalized spacial score (nSPS) is 10.8. The van der Waals surface area contributed by atoms with Crippen LogP contribution >= 0.6 is 0 Å². The summed E-state index contributed by atoms with van der Waals surface area (Å²) in [6, 6.07) is 13.4. The summed E-state index contributed by atoms with van der Waals surface area (Å²) in [6.45, 7) is 2.05. The standard InChI is InChI=1S/C19H20N4O/c1-4-15-13(9-11-17(20)21-15)14-7-5-6-12-8-10-16(22-18(12)14)19(24)23(2)3/h5-11H,4H2,1-3H3,(H2,20,21). The number of pyridine rings is 2. The molecule has 122 valence electrons. The van der Waals surface area contributed by atoms with Crippen molar-refractivity contribution in [3.63, 3.8) is 0 Å². The average molecular weight is 320 g/mol. The minimum atomic E-state index is -0.113. The van der Waals surface area contributed by atoms with Crippen molar-refractivity contribution in [3.8, 4) is 11.1 Å². The van der Waals surface area contributed by atoms with Crippen LogP contribution in [0.15, 0.2) is 42.5 Å². The summed E-state index contributed by atoms with van der Waals surface area (Å²) in [7, 11) is 3.44. The van der Waals surface area contributed by atoms with Crippen molar-refractivity contribution in [1.82, 2.24) is 14.9 Å². The fourth-order valence-electron chi connectivity index (χ4n) is 2.75. The molecule has 0 aliphatic heterocycles. The topological polar surface area (TPSA) is 72.1 Å². The van der Waals surface area contributed by atoms with Gasteiger partial charge in [0.1, 0.15) is 11.5 Å². The number of nitrogens with two attached hydrogens (primary N) is 1. The van der Waals surface area contributed by atoms with E-state index in [1.54, 1.807) is 26.2 Å². The number of aromatic nitrogens is 2. The SMILES string of the molecule is CCc1nc(N)ccc1-c1cccc2ccc(C(=O)N(C)C)nc12. The summed E-state index contributed by atoms with van der Waals surface area (Å²) < 4.78 is 0. The molecule has 0 aliphatic carbocycles. The zero-order chi connectivity index (χ0) is 17.3. The lowest BCUT2D eigenvalue weighted by atomic mass is 9.99. The number of nitrogens with zero attached hydrogens (tertiary/aromatic N) is 3. The minimum absolute atomic E-state index is 0.113. The number of amides is 1. The Morgan fingerprint density at radius 3 is 2.54 bits per heavy atom. The smallest absolute Gasteiger partial charge is 0.271 e. The number of hydrogen-bond donors (Lipinski definition) is 1. The second-order valence-corrected chi connectivity index (χ2v) is 5.86. The van der Waals surface area contributed by atoms with E-state index in [9.17, 15) is 4.79 Å². The van der Waals surface area contributed by atoms with Gasteiger partial charge in [0.15, 0.2) is 0 Å². The summed E-state index contributed by atoms with van der Waals surface area (Å²) in [4.78, 5) is 22.8.